The predicted octanol–water partition coefficient (Wildman–Crippen LogP) is 5.04. The van der Waals surface area contributed by atoms with Crippen LogP contribution in [0.1, 0.15) is 32.8 Å². The zero-order valence-corrected chi connectivity index (χ0v) is 20.8. The molecule has 182 valence electrons. The summed E-state index contributed by atoms with van der Waals surface area (Å²) in [7, 11) is 1.60. The number of fused-ring (bicyclic) bond motifs is 6. The lowest BCUT2D eigenvalue weighted by Crippen LogP contribution is -2.53. The first-order valence-corrected chi connectivity index (χ1v) is 12.4. The van der Waals surface area contributed by atoms with Crippen molar-refractivity contribution in [3.63, 3.8) is 0 Å². The maximum absolute atomic E-state index is 14.2. The quantitative estimate of drug-likeness (QED) is 0.315. The molecule has 0 aliphatic carbocycles. The third-order valence-electron chi connectivity index (χ3n) is 7.23. The molecule has 0 fully saturated rings. The average Bonchev–Trinajstić information content (AvgIpc) is 3.47. The second-order valence-electron chi connectivity index (χ2n) is 9.43. The molecule has 3 aromatic carbocycles. The summed E-state index contributed by atoms with van der Waals surface area (Å²) < 4.78 is 21.0. The van der Waals surface area contributed by atoms with Gasteiger partial charge in [-0.25, -0.2) is 9.37 Å². The number of amides is 2. The molecule has 37 heavy (non-hydrogen) atoms. The number of thiazole rings is 1. The topological polar surface area (TPSA) is 83.7 Å². The minimum atomic E-state index is -1.84. The van der Waals surface area contributed by atoms with E-state index in [-0.39, 0.29) is 27.4 Å². The molecule has 1 spiro atoms. The first kappa shape index (κ1) is 21.9. The van der Waals surface area contributed by atoms with E-state index in [9.17, 15) is 18.8 Å². The van der Waals surface area contributed by atoms with Gasteiger partial charge in [-0.05, 0) is 55.3 Å². The lowest BCUT2D eigenvalue weighted by molar-refractivity contribution is -0.121. The average molecular weight is 512 g/mol. The van der Waals surface area contributed by atoms with Gasteiger partial charge >= 0.3 is 0 Å². The van der Waals surface area contributed by atoms with Crippen LogP contribution < -0.4 is 15.2 Å². The predicted molar refractivity (Wildman–Crippen MR) is 139 cm³/mol. The molecule has 1 unspecified atom stereocenters. The summed E-state index contributed by atoms with van der Waals surface area (Å²) in [4.78, 5) is 49.9. The summed E-state index contributed by atoms with van der Waals surface area (Å²) in [5.74, 6) is -2.00. The van der Waals surface area contributed by atoms with Crippen molar-refractivity contribution in [2.75, 3.05) is 16.8 Å². The molecular weight excluding hydrogens is 493 g/mol. The van der Waals surface area contributed by atoms with Crippen molar-refractivity contribution in [3.05, 3.63) is 98.7 Å². The third-order valence-corrected chi connectivity index (χ3v) is 8.21. The number of para-hydroxylation sites is 1. The Morgan fingerprint density at radius 2 is 1.81 bits per heavy atom. The van der Waals surface area contributed by atoms with Crippen LogP contribution >= 0.6 is 11.3 Å². The Labute approximate surface area is 213 Å². The highest BCUT2D eigenvalue weighted by molar-refractivity contribution is 7.22. The summed E-state index contributed by atoms with van der Waals surface area (Å²) in [6, 6.07) is 14.5. The van der Waals surface area contributed by atoms with Gasteiger partial charge in [0.15, 0.2) is 16.1 Å². The SMILES string of the molecule is Cc1cc(C)c2nc(N3C(=O)c4oc5ccc(F)cc5c(=O)c4C34C(=O)N(C)c3ccccc34)sc2c1. The van der Waals surface area contributed by atoms with Crippen LogP contribution in [-0.4, -0.2) is 23.8 Å². The molecule has 0 bridgehead atoms. The number of aryl methyl sites for hydroxylation is 2. The van der Waals surface area contributed by atoms with Crippen molar-refractivity contribution in [2.45, 2.75) is 19.4 Å². The fourth-order valence-corrected chi connectivity index (χ4v) is 6.89. The van der Waals surface area contributed by atoms with E-state index in [1.54, 1.807) is 31.3 Å². The fraction of sp³-hybridized carbons (Fsp3) is 0.143. The number of aromatic nitrogens is 1. The number of anilines is 2. The number of likely N-dealkylation sites (N-methyl/N-ethyl adjacent to an activating group) is 1. The summed E-state index contributed by atoms with van der Waals surface area (Å²) in [6.07, 6.45) is 0. The standard InChI is InChI=1S/C28H18FN3O4S/c1-13-10-14(2)22-20(11-13)37-27(30-22)32-25(34)24-21(23(33)16-12-15(29)8-9-19(16)36-24)28(32)17-6-4-5-7-18(17)31(3)26(28)35/h4-12H,1-3H3. The molecule has 0 radical (unpaired) electrons. The molecule has 9 heteroatoms. The highest BCUT2D eigenvalue weighted by Crippen LogP contribution is 2.54. The lowest BCUT2D eigenvalue weighted by atomic mass is 9.84. The molecule has 2 aliphatic rings. The van der Waals surface area contributed by atoms with Gasteiger partial charge in [-0.15, -0.1) is 0 Å². The molecule has 0 saturated heterocycles. The summed E-state index contributed by atoms with van der Waals surface area (Å²) >= 11 is 1.27. The van der Waals surface area contributed by atoms with Crippen molar-refractivity contribution < 1.29 is 18.4 Å². The minimum Gasteiger partial charge on any atom is -0.450 e. The first-order valence-electron chi connectivity index (χ1n) is 11.6. The van der Waals surface area contributed by atoms with E-state index in [0.29, 0.717) is 16.8 Å². The van der Waals surface area contributed by atoms with Crippen LogP contribution in [0.15, 0.2) is 63.8 Å². The van der Waals surface area contributed by atoms with Crippen LogP contribution in [0.4, 0.5) is 15.2 Å². The Kier molecular flexibility index (Phi) is 4.20. The van der Waals surface area contributed by atoms with Crippen molar-refractivity contribution >= 4 is 55.2 Å². The smallest absolute Gasteiger partial charge is 0.297 e. The van der Waals surface area contributed by atoms with E-state index in [4.69, 9.17) is 9.40 Å². The van der Waals surface area contributed by atoms with Gasteiger partial charge in [0.2, 0.25) is 5.76 Å². The lowest BCUT2D eigenvalue weighted by Gasteiger charge is -2.31. The summed E-state index contributed by atoms with van der Waals surface area (Å²) in [5.41, 5.74) is 1.19. The molecule has 5 aromatic rings. The Balaban J connectivity index is 1.64. The number of carbonyl (C=O) groups excluding carboxylic acids is 2. The monoisotopic (exact) mass is 511 g/mol. The van der Waals surface area contributed by atoms with E-state index in [1.807, 2.05) is 26.0 Å². The maximum Gasteiger partial charge on any atom is 0.297 e. The van der Waals surface area contributed by atoms with Crippen molar-refractivity contribution in [1.82, 2.24) is 4.98 Å². The van der Waals surface area contributed by atoms with Crippen LogP contribution in [0, 0.1) is 19.7 Å². The number of nitrogens with zero attached hydrogens (tertiary/aromatic N) is 3. The second kappa shape index (κ2) is 7.10. The molecule has 1 atom stereocenters. The van der Waals surface area contributed by atoms with Crippen LogP contribution in [0.3, 0.4) is 0 Å². The molecule has 2 aromatic heterocycles. The van der Waals surface area contributed by atoms with Crippen LogP contribution in [-0.2, 0) is 10.3 Å². The van der Waals surface area contributed by atoms with Crippen LogP contribution in [0.25, 0.3) is 21.2 Å². The van der Waals surface area contributed by atoms with Crippen molar-refractivity contribution in [3.8, 4) is 0 Å². The Bertz CT molecular complexity index is 1930. The molecule has 0 N–H and O–H groups in total. The number of hydrogen-bond acceptors (Lipinski definition) is 6. The van der Waals surface area contributed by atoms with Crippen LogP contribution in [0.2, 0.25) is 0 Å². The largest absolute Gasteiger partial charge is 0.450 e. The molecule has 2 amide bonds. The van der Waals surface area contributed by atoms with Crippen molar-refractivity contribution in [1.29, 1.82) is 0 Å². The van der Waals surface area contributed by atoms with Gasteiger partial charge in [0.05, 0.1) is 21.2 Å². The van der Waals surface area contributed by atoms with Gasteiger partial charge in [-0.1, -0.05) is 35.6 Å². The summed E-state index contributed by atoms with van der Waals surface area (Å²) in [5, 5.41) is 0.233. The zero-order chi connectivity index (χ0) is 25.8. The molecule has 7 rings (SSSR count). The Hall–Kier alpha value is -4.37. The van der Waals surface area contributed by atoms with Gasteiger partial charge in [0.1, 0.15) is 11.4 Å². The first-order chi connectivity index (χ1) is 17.7. The maximum atomic E-state index is 14.2. The van der Waals surface area contributed by atoms with Crippen molar-refractivity contribution in [2.24, 2.45) is 0 Å². The van der Waals surface area contributed by atoms with E-state index < -0.39 is 28.6 Å². The molecule has 2 aliphatic heterocycles. The Morgan fingerprint density at radius 3 is 2.62 bits per heavy atom. The van der Waals surface area contributed by atoms with Gasteiger partial charge in [-0.2, -0.15) is 0 Å². The summed E-state index contributed by atoms with van der Waals surface area (Å²) in [6.45, 7) is 3.91. The molecule has 7 nitrogen and oxygen atoms in total. The third kappa shape index (κ3) is 2.59. The van der Waals surface area contributed by atoms with Crippen LogP contribution in [0.5, 0.6) is 0 Å². The van der Waals surface area contributed by atoms with E-state index >= 15 is 0 Å². The number of hydrogen-bond donors (Lipinski definition) is 0. The van der Waals surface area contributed by atoms with Gasteiger partial charge in [-0.3, -0.25) is 19.3 Å². The normalized spacial score (nSPS) is 18.5. The van der Waals surface area contributed by atoms with Gasteiger partial charge in [0, 0.05) is 18.3 Å². The van der Waals surface area contributed by atoms with E-state index in [1.165, 1.54) is 27.2 Å². The van der Waals surface area contributed by atoms with E-state index in [0.717, 1.165) is 28.0 Å². The van der Waals surface area contributed by atoms with E-state index in [2.05, 4.69) is 0 Å². The number of benzene rings is 3. The zero-order valence-electron chi connectivity index (χ0n) is 20.0. The Morgan fingerprint density at radius 1 is 1.03 bits per heavy atom. The number of rotatable bonds is 1. The highest BCUT2D eigenvalue weighted by Gasteiger charge is 2.65. The molecule has 0 saturated carbocycles. The molecule has 4 heterocycles. The second-order valence-corrected chi connectivity index (χ2v) is 10.4. The molecular formula is C28H18FN3O4S. The van der Waals surface area contributed by atoms with Gasteiger partial charge < -0.3 is 9.32 Å². The van der Waals surface area contributed by atoms with Gasteiger partial charge in [0.25, 0.3) is 11.8 Å². The number of carbonyl (C=O) groups is 2. The fourth-order valence-electron chi connectivity index (χ4n) is 5.69. The highest BCUT2D eigenvalue weighted by atomic mass is 32.1. The minimum absolute atomic E-state index is 0.0385. The number of halogens is 1.